The number of nitrogens with zero attached hydrogens (tertiary/aromatic N) is 4. The van der Waals surface area contributed by atoms with Gasteiger partial charge in [0.1, 0.15) is 0 Å². The van der Waals surface area contributed by atoms with Gasteiger partial charge < -0.3 is 5.11 Å². The van der Waals surface area contributed by atoms with E-state index in [1.165, 1.54) is 9.54 Å². The Bertz CT molecular complexity index is 1870. The summed E-state index contributed by atoms with van der Waals surface area (Å²) in [7, 11) is -3.92. The van der Waals surface area contributed by atoms with Gasteiger partial charge in [-0.05, 0) is 73.3 Å². The van der Waals surface area contributed by atoms with Crippen LogP contribution in [0.1, 0.15) is 29.5 Å². The summed E-state index contributed by atoms with van der Waals surface area (Å²) >= 11 is 0. The Morgan fingerprint density at radius 2 is 1.78 bits per heavy atom. The summed E-state index contributed by atoms with van der Waals surface area (Å²) in [4.78, 5) is 7.12. The van der Waals surface area contributed by atoms with Crippen LogP contribution in [0.4, 0.5) is 0 Å². The lowest BCUT2D eigenvalue weighted by Gasteiger charge is -2.29. The molecule has 0 amide bonds. The summed E-state index contributed by atoms with van der Waals surface area (Å²) in [5.41, 5.74) is 6.21. The van der Waals surface area contributed by atoms with Crippen LogP contribution in [0.2, 0.25) is 0 Å². The van der Waals surface area contributed by atoms with Crippen molar-refractivity contribution in [2.75, 3.05) is 13.1 Å². The summed E-state index contributed by atoms with van der Waals surface area (Å²) in [6.45, 7) is 4.38. The largest absolute Gasteiger partial charge is 0.392 e. The molecule has 1 atom stereocenters. The molecule has 1 aliphatic heterocycles. The Hall–Kier alpha value is -4.29. The van der Waals surface area contributed by atoms with Crippen molar-refractivity contribution in [3.63, 3.8) is 0 Å². The van der Waals surface area contributed by atoms with Gasteiger partial charge in [-0.2, -0.15) is 5.26 Å². The highest BCUT2D eigenvalue weighted by Crippen LogP contribution is 2.35. The Morgan fingerprint density at radius 1 is 1.00 bits per heavy atom. The van der Waals surface area contributed by atoms with Gasteiger partial charge in [0.25, 0.3) is 10.0 Å². The summed E-state index contributed by atoms with van der Waals surface area (Å²) in [6, 6.07) is 26.3. The van der Waals surface area contributed by atoms with E-state index in [0.29, 0.717) is 28.7 Å². The van der Waals surface area contributed by atoms with Crippen molar-refractivity contribution in [3.05, 3.63) is 108 Å². The molecule has 3 heterocycles. The molecule has 0 bridgehead atoms. The number of aryl methyl sites for hydroxylation is 1. The third kappa shape index (κ3) is 5.40. The van der Waals surface area contributed by atoms with Gasteiger partial charge in [0, 0.05) is 42.0 Å². The molecule has 1 fully saturated rings. The van der Waals surface area contributed by atoms with Gasteiger partial charge in [-0.15, -0.1) is 0 Å². The summed E-state index contributed by atoms with van der Waals surface area (Å²) in [6.07, 6.45) is 4.91. The van der Waals surface area contributed by atoms with Crippen LogP contribution >= 0.6 is 0 Å². The number of β-amino-alcohol motifs (C(OH)–C–C–N with tert-alkyl or cyclic N) is 1. The van der Waals surface area contributed by atoms with Crippen LogP contribution in [0.15, 0.2) is 96.2 Å². The van der Waals surface area contributed by atoms with E-state index < -0.39 is 10.0 Å². The molecule has 5 aromatic rings. The molecular weight excluding hydrogens is 532 g/mol. The molecule has 0 spiro atoms. The van der Waals surface area contributed by atoms with Crippen molar-refractivity contribution in [3.8, 4) is 28.3 Å². The number of likely N-dealkylation sites (tertiary alicyclic amines) is 1. The van der Waals surface area contributed by atoms with E-state index in [9.17, 15) is 18.8 Å². The Kier molecular flexibility index (Phi) is 7.18. The Morgan fingerprint density at radius 3 is 2.51 bits per heavy atom. The van der Waals surface area contributed by atoms with E-state index in [4.69, 9.17) is 0 Å². The second-order valence-corrected chi connectivity index (χ2v) is 12.5. The summed E-state index contributed by atoms with van der Waals surface area (Å²) in [5, 5.41) is 20.2. The highest BCUT2D eigenvalue weighted by molar-refractivity contribution is 7.90. The van der Waals surface area contributed by atoms with E-state index in [1.807, 2.05) is 19.1 Å². The molecule has 6 rings (SSSR count). The van der Waals surface area contributed by atoms with Crippen molar-refractivity contribution >= 4 is 21.1 Å². The smallest absolute Gasteiger partial charge is 0.269 e. The van der Waals surface area contributed by atoms with Crippen LogP contribution in [-0.2, 0) is 16.6 Å². The summed E-state index contributed by atoms with van der Waals surface area (Å²) in [5.74, 6) is 0. The maximum atomic E-state index is 13.8. The predicted molar refractivity (Wildman–Crippen MR) is 160 cm³/mol. The number of hydrogen-bond donors (Lipinski definition) is 1. The number of aromatic nitrogens is 2. The molecule has 1 saturated heterocycles. The average Bonchev–Trinajstić information content (AvgIpc) is 3.38. The van der Waals surface area contributed by atoms with Crippen molar-refractivity contribution in [1.29, 1.82) is 5.26 Å². The number of nitriles is 1. The van der Waals surface area contributed by atoms with Gasteiger partial charge in [0.15, 0.2) is 5.65 Å². The predicted octanol–water partition coefficient (Wildman–Crippen LogP) is 5.74. The minimum Gasteiger partial charge on any atom is -0.392 e. The highest BCUT2D eigenvalue weighted by atomic mass is 32.2. The second-order valence-electron chi connectivity index (χ2n) is 10.7. The number of fused-ring (bicyclic) bond motifs is 1. The summed E-state index contributed by atoms with van der Waals surface area (Å²) < 4.78 is 28.7. The normalized spacial score (nSPS) is 16.1. The van der Waals surface area contributed by atoms with Crippen molar-refractivity contribution in [2.24, 2.45) is 0 Å². The van der Waals surface area contributed by atoms with E-state index >= 15 is 0 Å². The molecule has 3 aromatic carbocycles. The number of piperidine rings is 1. The fourth-order valence-corrected chi connectivity index (χ4v) is 6.79. The monoisotopic (exact) mass is 562 g/mol. The second kappa shape index (κ2) is 10.9. The molecule has 7 nitrogen and oxygen atoms in total. The van der Waals surface area contributed by atoms with E-state index in [1.54, 1.807) is 54.9 Å². The average molecular weight is 563 g/mol. The molecule has 41 heavy (non-hydrogen) atoms. The Labute approximate surface area is 240 Å². The maximum Gasteiger partial charge on any atom is 0.269 e. The lowest BCUT2D eigenvalue weighted by atomic mass is 10.0. The first-order valence-corrected chi connectivity index (χ1v) is 15.1. The fourth-order valence-electron chi connectivity index (χ4n) is 5.47. The molecule has 206 valence electrons. The molecule has 1 N–H and O–H groups in total. The van der Waals surface area contributed by atoms with Crippen molar-refractivity contribution in [2.45, 2.75) is 37.3 Å². The molecule has 0 saturated carbocycles. The molecule has 2 aromatic heterocycles. The zero-order valence-electron chi connectivity index (χ0n) is 22.7. The Balaban J connectivity index is 1.42. The number of aliphatic hydroxyl groups is 1. The lowest BCUT2D eigenvalue weighted by molar-refractivity contribution is 0.0668. The molecule has 0 radical (unpaired) electrons. The fraction of sp³-hybridized carbons (Fsp3) is 0.212. The molecule has 8 heteroatoms. The third-order valence-corrected chi connectivity index (χ3v) is 9.33. The number of pyridine rings is 1. The first kappa shape index (κ1) is 26.9. The van der Waals surface area contributed by atoms with Gasteiger partial charge in [0.2, 0.25) is 0 Å². The van der Waals surface area contributed by atoms with Gasteiger partial charge in [-0.3, -0.25) is 4.90 Å². The van der Waals surface area contributed by atoms with Crippen LogP contribution in [0.5, 0.6) is 0 Å². The maximum absolute atomic E-state index is 13.8. The number of benzene rings is 3. The van der Waals surface area contributed by atoms with Gasteiger partial charge >= 0.3 is 0 Å². The van der Waals surface area contributed by atoms with E-state index in [0.717, 1.165) is 48.2 Å². The number of aliphatic hydroxyl groups excluding tert-OH is 1. The standard InChI is InChI=1S/C33H30N4O3S/c1-23-7-13-30(14-8-23)41(39,40)37-22-32(27-5-2-4-25(16-27)18-34)31-17-28(19-35-33(31)37)26-11-9-24(10-12-26)20-36-15-3-6-29(38)21-36/h2,4-5,7-14,16-17,19,22,29,38H,3,6,15,20-21H2,1H3. The van der Waals surface area contributed by atoms with Crippen molar-refractivity contribution in [1.82, 2.24) is 13.9 Å². The first-order chi connectivity index (χ1) is 19.8. The lowest BCUT2D eigenvalue weighted by Crippen LogP contribution is -2.37. The van der Waals surface area contributed by atoms with Crippen molar-refractivity contribution < 1.29 is 13.5 Å². The minimum absolute atomic E-state index is 0.181. The van der Waals surface area contributed by atoms with Gasteiger partial charge in [-0.25, -0.2) is 17.4 Å². The molecular formula is C33H30N4O3S. The van der Waals surface area contributed by atoms with Gasteiger partial charge in [0.05, 0.1) is 22.6 Å². The number of hydrogen-bond acceptors (Lipinski definition) is 6. The third-order valence-electron chi connectivity index (χ3n) is 7.67. The molecule has 1 aliphatic rings. The van der Waals surface area contributed by atoms with Crippen LogP contribution < -0.4 is 0 Å². The zero-order chi connectivity index (χ0) is 28.6. The molecule has 1 unspecified atom stereocenters. The quantitative estimate of drug-likeness (QED) is 0.283. The first-order valence-electron chi connectivity index (χ1n) is 13.7. The van der Waals surface area contributed by atoms with Gasteiger partial charge in [-0.1, -0.05) is 54.1 Å². The van der Waals surface area contributed by atoms with E-state index in [2.05, 4.69) is 40.2 Å². The number of rotatable bonds is 6. The van der Waals surface area contributed by atoms with Crippen LogP contribution in [0.25, 0.3) is 33.3 Å². The highest BCUT2D eigenvalue weighted by Gasteiger charge is 2.24. The van der Waals surface area contributed by atoms with E-state index in [-0.39, 0.29) is 11.0 Å². The van der Waals surface area contributed by atoms with Crippen LogP contribution in [0.3, 0.4) is 0 Å². The topological polar surface area (TPSA) is 99.2 Å². The van der Waals surface area contributed by atoms with Crippen LogP contribution in [0, 0.1) is 18.3 Å². The SMILES string of the molecule is Cc1ccc(S(=O)(=O)n2cc(-c3cccc(C#N)c3)c3cc(-c4ccc(CN5CCCC(O)C5)cc4)cnc32)cc1. The minimum atomic E-state index is -3.92. The zero-order valence-corrected chi connectivity index (χ0v) is 23.6. The molecule has 0 aliphatic carbocycles. The van der Waals surface area contributed by atoms with Crippen LogP contribution in [-0.4, -0.2) is 46.6 Å².